The summed E-state index contributed by atoms with van der Waals surface area (Å²) in [5.41, 5.74) is 1.21. The van der Waals surface area contributed by atoms with Gasteiger partial charge in [0.15, 0.2) is 0 Å². The zero-order chi connectivity index (χ0) is 20.9. The minimum atomic E-state index is -0.326. The molecular formula is C21H24Cl2N2O2S. The monoisotopic (exact) mass is 438 g/mol. The minimum absolute atomic E-state index is 0.0134. The van der Waals surface area contributed by atoms with Crippen LogP contribution in [0.2, 0.25) is 10.0 Å². The van der Waals surface area contributed by atoms with E-state index in [9.17, 15) is 9.59 Å². The van der Waals surface area contributed by atoms with Crippen molar-refractivity contribution in [1.82, 2.24) is 0 Å². The summed E-state index contributed by atoms with van der Waals surface area (Å²) in [7, 11) is 0. The van der Waals surface area contributed by atoms with Crippen molar-refractivity contribution in [2.24, 2.45) is 5.41 Å². The van der Waals surface area contributed by atoms with Crippen LogP contribution >= 0.6 is 35.0 Å². The summed E-state index contributed by atoms with van der Waals surface area (Å²) in [6, 6.07) is 12.4. The van der Waals surface area contributed by atoms with Crippen LogP contribution in [0.1, 0.15) is 34.1 Å². The van der Waals surface area contributed by atoms with Crippen molar-refractivity contribution < 1.29 is 9.59 Å². The van der Waals surface area contributed by atoms with Crippen LogP contribution in [0, 0.1) is 5.41 Å². The van der Waals surface area contributed by atoms with Gasteiger partial charge in [0.05, 0.1) is 16.0 Å². The molecule has 1 atom stereocenters. The molecule has 0 saturated heterocycles. The van der Waals surface area contributed by atoms with Crippen LogP contribution in [0.4, 0.5) is 11.4 Å². The van der Waals surface area contributed by atoms with Gasteiger partial charge in [-0.2, -0.15) is 0 Å². The zero-order valence-electron chi connectivity index (χ0n) is 16.3. The van der Waals surface area contributed by atoms with Gasteiger partial charge in [0.2, 0.25) is 11.8 Å². The molecule has 0 aliphatic rings. The minimum Gasteiger partial charge on any atom is -0.326 e. The Labute approximate surface area is 180 Å². The lowest BCUT2D eigenvalue weighted by Crippen LogP contribution is -2.22. The fraction of sp³-hybridized carbons (Fsp3) is 0.333. The number of nitrogens with one attached hydrogen (secondary N) is 2. The van der Waals surface area contributed by atoms with E-state index in [0.717, 1.165) is 10.6 Å². The highest BCUT2D eigenvalue weighted by Crippen LogP contribution is 2.29. The van der Waals surface area contributed by atoms with Crippen LogP contribution in [0.3, 0.4) is 0 Å². The van der Waals surface area contributed by atoms with E-state index in [1.54, 1.807) is 18.2 Å². The van der Waals surface area contributed by atoms with Crippen molar-refractivity contribution in [3.63, 3.8) is 0 Å². The molecule has 0 bridgehead atoms. The molecule has 7 heteroatoms. The summed E-state index contributed by atoms with van der Waals surface area (Å²) in [4.78, 5) is 25.4. The van der Waals surface area contributed by atoms with E-state index in [4.69, 9.17) is 23.2 Å². The molecule has 0 radical (unpaired) electrons. The van der Waals surface area contributed by atoms with E-state index in [1.807, 2.05) is 52.0 Å². The first-order valence-electron chi connectivity index (χ1n) is 8.86. The van der Waals surface area contributed by atoms with Gasteiger partial charge < -0.3 is 10.6 Å². The third kappa shape index (κ3) is 7.38. The molecule has 2 aromatic carbocycles. The van der Waals surface area contributed by atoms with E-state index in [1.165, 1.54) is 11.8 Å². The Morgan fingerprint density at radius 2 is 1.68 bits per heavy atom. The average Bonchev–Trinajstić information content (AvgIpc) is 2.57. The van der Waals surface area contributed by atoms with Crippen LogP contribution in [-0.2, 0) is 9.59 Å². The van der Waals surface area contributed by atoms with Gasteiger partial charge in [0, 0.05) is 22.0 Å². The van der Waals surface area contributed by atoms with E-state index in [2.05, 4.69) is 10.6 Å². The van der Waals surface area contributed by atoms with Gasteiger partial charge in [-0.1, -0.05) is 44.0 Å². The predicted molar refractivity (Wildman–Crippen MR) is 120 cm³/mol. The lowest BCUT2D eigenvalue weighted by atomic mass is 9.92. The molecule has 0 aliphatic heterocycles. The van der Waals surface area contributed by atoms with Crippen molar-refractivity contribution in [3.05, 3.63) is 52.5 Å². The number of hydrogen-bond acceptors (Lipinski definition) is 3. The van der Waals surface area contributed by atoms with Crippen LogP contribution in [0.5, 0.6) is 0 Å². The highest BCUT2D eigenvalue weighted by Gasteiger charge is 2.17. The Bertz CT molecular complexity index is 848. The number of anilines is 2. The first kappa shape index (κ1) is 22.6. The largest absolute Gasteiger partial charge is 0.326 e. The normalized spacial score (nSPS) is 12.4. The predicted octanol–water partition coefficient (Wildman–Crippen LogP) is 6.49. The Morgan fingerprint density at radius 3 is 2.25 bits per heavy atom. The third-order valence-electron chi connectivity index (χ3n) is 3.70. The maximum atomic E-state index is 12.4. The zero-order valence-corrected chi connectivity index (χ0v) is 18.6. The lowest BCUT2D eigenvalue weighted by molar-refractivity contribution is -0.118. The maximum absolute atomic E-state index is 12.4. The summed E-state index contributed by atoms with van der Waals surface area (Å²) in [6.07, 6.45) is 0.452. The van der Waals surface area contributed by atoms with Crippen molar-refractivity contribution in [1.29, 1.82) is 0 Å². The number of hydrogen-bond donors (Lipinski definition) is 2. The topological polar surface area (TPSA) is 58.2 Å². The molecule has 0 aromatic heterocycles. The molecule has 0 saturated carbocycles. The van der Waals surface area contributed by atoms with Gasteiger partial charge in [-0.25, -0.2) is 0 Å². The molecule has 2 aromatic rings. The van der Waals surface area contributed by atoms with Crippen LogP contribution in [0.15, 0.2) is 47.4 Å². The Balaban J connectivity index is 1.92. The number of rotatable bonds is 6. The Hall–Kier alpha value is -1.69. The second kappa shape index (κ2) is 9.68. The second-order valence-electron chi connectivity index (χ2n) is 7.68. The number of carbonyl (C=O) groups excluding carboxylic acids is 2. The summed E-state index contributed by atoms with van der Waals surface area (Å²) in [5.74, 6) is -0.169. The first-order valence-corrected chi connectivity index (χ1v) is 10.5. The number of amides is 2. The number of carbonyl (C=O) groups is 2. The van der Waals surface area contributed by atoms with Gasteiger partial charge >= 0.3 is 0 Å². The van der Waals surface area contributed by atoms with Gasteiger partial charge in [-0.05, 0) is 54.8 Å². The molecule has 4 nitrogen and oxygen atoms in total. The Kier molecular flexibility index (Phi) is 7.81. The smallest absolute Gasteiger partial charge is 0.237 e. The SMILES string of the molecule is CC(Sc1ccc(NC(=O)CC(C)(C)C)cc1)C(=O)Nc1ccc(Cl)cc1Cl. The molecule has 2 N–H and O–H groups in total. The van der Waals surface area contributed by atoms with Crippen molar-refractivity contribution in [2.75, 3.05) is 10.6 Å². The molecule has 150 valence electrons. The lowest BCUT2D eigenvalue weighted by Gasteiger charge is -2.17. The Morgan fingerprint density at radius 1 is 1.04 bits per heavy atom. The summed E-state index contributed by atoms with van der Waals surface area (Å²) < 4.78 is 0. The molecule has 1 unspecified atom stereocenters. The summed E-state index contributed by atoms with van der Waals surface area (Å²) >= 11 is 13.4. The van der Waals surface area contributed by atoms with Crippen LogP contribution in [-0.4, -0.2) is 17.1 Å². The quantitative estimate of drug-likeness (QED) is 0.506. The third-order valence-corrected chi connectivity index (χ3v) is 5.36. The maximum Gasteiger partial charge on any atom is 0.237 e. The number of halogens is 2. The van der Waals surface area contributed by atoms with Gasteiger partial charge in [0.25, 0.3) is 0 Å². The van der Waals surface area contributed by atoms with Crippen molar-refractivity contribution in [2.45, 2.75) is 44.3 Å². The molecule has 28 heavy (non-hydrogen) atoms. The summed E-state index contributed by atoms with van der Waals surface area (Å²) in [5, 5.41) is 6.29. The number of benzene rings is 2. The fourth-order valence-electron chi connectivity index (χ4n) is 2.39. The fourth-order valence-corrected chi connectivity index (χ4v) is 3.71. The van der Waals surface area contributed by atoms with Crippen molar-refractivity contribution in [3.8, 4) is 0 Å². The van der Waals surface area contributed by atoms with E-state index < -0.39 is 0 Å². The molecule has 0 fully saturated rings. The number of thioether (sulfide) groups is 1. The first-order chi connectivity index (χ1) is 13.0. The standard InChI is InChI=1S/C21H24Cl2N2O2S/c1-13(20(27)25-18-10-5-14(22)11-17(18)23)28-16-8-6-15(7-9-16)24-19(26)12-21(2,3)4/h5-11,13H,12H2,1-4H3,(H,24,26)(H,25,27). The molecule has 2 amide bonds. The molecular weight excluding hydrogens is 415 g/mol. The van der Waals surface area contributed by atoms with E-state index in [0.29, 0.717) is 22.2 Å². The van der Waals surface area contributed by atoms with Gasteiger partial charge in [-0.3, -0.25) is 9.59 Å². The van der Waals surface area contributed by atoms with Gasteiger partial charge in [0.1, 0.15) is 0 Å². The summed E-state index contributed by atoms with van der Waals surface area (Å²) in [6.45, 7) is 7.89. The van der Waals surface area contributed by atoms with Gasteiger partial charge in [-0.15, -0.1) is 11.8 Å². The van der Waals surface area contributed by atoms with Crippen LogP contribution < -0.4 is 10.6 Å². The van der Waals surface area contributed by atoms with E-state index >= 15 is 0 Å². The molecule has 0 aliphatic carbocycles. The second-order valence-corrected chi connectivity index (χ2v) is 9.94. The molecule has 2 rings (SSSR count). The van der Waals surface area contributed by atoms with Crippen LogP contribution in [0.25, 0.3) is 0 Å². The highest BCUT2D eigenvalue weighted by atomic mass is 35.5. The van der Waals surface area contributed by atoms with E-state index in [-0.39, 0.29) is 22.5 Å². The highest BCUT2D eigenvalue weighted by molar-refractivity contribution is 8.00. The molecule has 0 heterocycles. The average molecular weight is 439 g/mol. The molecule has 0 spiro atoms. The van der Waals surface area contributed by atoms with Crippen molar-refractivity contribution >= 4 is 58.2 Å².